The van der Waals surface area contributed by atoms with Crippen LogP contribution in [0, 0.1) is 5.92 Å². The highest BCUT2D eigenvalue weighted by molar-refractivity contribution is 5.80. The number of para-hydroxylation sites is 1. The van der Waals surface area contributed by atoms with Crippen molar-refractivity contribution in [3.05, 3.63) is 156 Å². The van der Waals surface area contributed by atoms with Gasteiger partial charge in [-0.1, -0.05) is 139 Å². The van der Waals surface area contributed by atoms with Crippen LogP contribution in [0.2, 0.25) is 0 Å². The molecule has 2 aliphatic heterocycles. The summed E-state index contributed by atoms with van der Waals surface area (Å²) in [5, 5.41) is 0. The molecular formula is C58H68N6. The van der Waals surface area contributed by atoms with Crippen molar-refractivity contribution in [1.82, 2.24) is 19.1 Å². The average Bonchev–Trinajstić information content (AvgIpc) is 4.03. The van der Waals surface area contributed by atoms with Crippen LogP contribution in [0.15, 0.2) is 134 Å². The summed E-state index contributed by atoms with van der Waals surface area (Å²) in [6.45, 7) is 20.9. The van der Waals surface area contributed by atoms with E-state index in [2.05, 4.69) is 189 Å². The maximum atomic E-state index is 5.19. The molecule has 0 aliphatic carbocycles. The predicted octanol–water partition coefficient (Wildman–Crippen LogP) is 14.4. The number of aromatic nitrogens is 4. The molecule has 0 N–H and O–H groups in total. The van der Waals surface area contributed by atoms with Crippen molar-refractivity contribution in [1.29, 1.82) is 0 Å². The second kappa shape index (κ2) is 18.7. The second-order valence-corrected chi connectivity index (χ2v) is 19.7. The van der Waals surface area contributed by atoms with Crippen LogP contribution in [-0.2, 0) is 11.8 Å². The Labute approximate surface area is 383 Å². The molecule has 2 aliphatic rings. The number of anilines is 2. The topological polar surface area (TPSA) is 42.1 Å². The van der Waals surface area contributed by atoms with Crippen molar-refractivity contribution in [2.45, 2.75) is 111 Å². The minimum atomic E-state index is -0.192. The van der Waals surface area contributed by atoms with Gasteiger partial charge in [0.2, 0.25) is 0 Å². The number of rotatable bonds is 13. The molecule has 0 radical (unpaired) electrons. The van der Waals surface area contributed by atoms with Crippen molar-refractivity contribution in [3.63, 3.8) is 0 Å². The molecule has 1 atom stereocenters. The molecular weight excluding hydrogens is 781 g/mol. The van der Waals surface area contributed by atoms with Crippen LogP contribution in [0.25, 0.3) is 45.3 Å². The van der Waals surface area contributed by atoms with Crippen molar-refractivity contribution < 1.29 is 0 Å². The third-order valence-electron chi connectivity index (χ3n) is 14.6. The minimum Gasteiger partial charge on any atom is -0.370 e. The lowest BCUT2D eigenvalue weighted by atomic mass is 9.70. The maximum Gasteiger partial charge on any atom is 0.144 e. The fourth-order valence-corrected chi connectivity index (χ4v) is 10.6. The van der Waals surface area contributed by atoms with Crippen LogP contribution in [0.4, 0.5) is 11.4 Å². The van der Waals surface area contributed by atoms with Gasteiger partial charge < -0.3 is 9.80 Å². The quantitative estimate of drug-likeness (QED) is 0.116. The van der Waals surface area contributed by atoms with E-state index >= 15 is 0 Å². The normalized spacial score (nSPS) is 15.3. The number of piperidine rings is 2. The first-order valence-corrected chi connectivity index (χ1v) is 24.2. The van der Waals surface area contributed by atoms with E-state index in [-0.39, 0.29) is 11.3 Å². The molecule has 2 fully saturated rings. The van der Waals surface area contributed by atoms with Gasteiger partial charge in [-0.2, -0.15) is 0 Å². The molecule has 4 heterocycles. The van der Waals surface area contributed by atoms with Gasteiger partial charge in [0.05, 0.1) is 22.7 Å². The van der Waals surface area contributed by atoms with Crippen LogP contribution >= 0.6 is 0 Å². The first kappa shape index (κ1) is 43.4. The van der Waals surface area contributed by atoms with Crippen molar-refractivity contribution in [2.24, 2.45) is 5.92 Å². The van der Waals surface area contributed by atoms with Gasteiger partial charge in [-0.05, 0) is 120 Å². The summed E-state index contributed by atoms with van der Waals surface area (Å²) in [5.74, 6) is 2.99. The molecule has 6 nitrogen and oxygen atoms in total. The summed E-state index contributed by atoms with van der Waals surface area (Å²) < 4.78 is 4.80. The molecule has 2 aromatic heterocycles. The molecule has 0 bridgehead atoms. The minimum absolute atomic E-state index is 0.192. The first-order valence-electron chi connectivity index (χ1n) is 24.2. The first-order chi connectivity index (χ1) is 31.1. The molecule has 9 rings (SSSR count). The lowest BCUT2D eigenvalue weighted by Gasteiger charge is -2.35. The fourth-order valence-electron chi connectivity index (χ4n) is 10.6. The number of hydrogen-bond acceptors (Lipinski definition) is 4. The summed E-state index contributed by atoms with van der Waals surface area (Å²) in [5.41, 5.74) is 15.3. The molecule has 2 saturated heterocycles. The number of imidazole rings is 2. The zero-order chi connectivity index (χ0) is 44.4. The van der Waals surface area contributed by atoms with E-state index in [1.807, 2.05) is 12.4 Å². The zero-order valence-electron chi connectivity index (χ0n) is 39.4. The highest BCUT2D eigenvalue weighted by Crippen LogP contribution is 2.44. The summed E-state index contributed by atoms with van der Waals surface area (Å²) in [7, 11) is 0. The second-order valence-electron chi connectivity index (χ2n) is 19.7. The fraction of sp³-hybridized carbons (Fsp3) is 0.379. The largest absolute Gasteiger partial charge is 0.370 e. The van der Waals surface area contributed by atoms with Crippen LogP contribution in [0.3, 0.4) is 0 Å². The molecule has 5 aromatic carbocycles. The van der Waals surface area contributed by atoms with Gasteiger partial charge in [-0.25, -0.2) is 9.97 Å². The molecule has 0 spiro atoms. The maximum absolute atomic E-state index is 5.19. The Balaban J connectivity index is 1.09. The Kier molecular flexibility index (Phi) is 12.7. The Morgan fingerprint density at radius 1 is 0.516 bits per heavy atom. The summed E-state index contributed by atoms with van der Waals surface area (Å²) in [4.78, 5) is 15.6. The average molecular weight is 849 g/mol. The highest BCUT2D eigenvalue weighted by Gasteiger charge is 2.33. The van der Waals surface area contributed by atoms with Gasteiger partial charge in [-0.15, -0.1) is 0 Å². The summed E-state index contributed by atoms with van der Waals surface area (Å²) in [6, 6.07) is 40.7. The lowest BCUT2D eigenvalue weighted by molar-refractivity contribution is 0.343. The predicted molar refractivity (Wildman–Crippen MR) is 270 cm³/mol. The standard InChI is InChI=1S/C58H68N6/c1-41(2)47-27-21-29-52(61-32-17-9-18-33-61)54(47)63-36-31-60-57(63)49-26-15-16-28-51(49)58(6,7)43(5)38-45-24-13-14-25-48(45)56-59-30-37-64(56)55-50(42(3)4)39-46(44-22-11-8-12-23-44)40-53(55)62-34-19-10-20-35-62/h8,11-16,21-31,36-37,39-43H,9-10,17-20,32-35,38H2,1-7H3/t43-/m1/s1. The van der Waals surface area contributed by atoms with Crippen LogP contribution in [0.1, 0.15) is 121 Å². The number of benzene rings is 5. The smallest absolute Gasteiger partial charge is 0.144 e. The van der Waals surface area contributed by atoms with Gasteiger partial charge in [0, 0.05) is 62.1 Å². The van der Waals surface area contributed by atoms with E-state index in [1.165, 1.54) is 106 Å². The third-order valence-corrected chi connectivity index (χ3v) is 14.6. The Morgan fingerprint density at radius 3 is 1.70 bits per heavy atom. The SMILES string of the molecule is CC(C)c1cc(-c2ccccc2)cc(N2CCCCC2)c1-n1ccnc1-c1ccccc1C[C@@H](C)C(C)(C)c1ccccc1-c1nccn1-c1c(C(C)C)cccc1N1CCCCC1. The number of hydrogen-bond donors (Lipinski definition) is 0. The molecule has 0 amide bonds. The van der Waals surface area contributed by atoms with E-state index < -0.39 is 0 Å². The van der Waals surface area contributed by atoms with Gasteiger partial charge in [-0.3, -0.25) is 9.13 Å². The lowest BCUT2D eigenvalue weighted by Crippen LogP contribution is -2.31. The van der Waals surface area contributed by atoms with E-state index in [4.69, 9.17) is 9.97 Å². The Morgan fingerprint density at radius 2 is 1.06 bits per heavy atom. The Hall–Kier alpha value is -5.88. The van der Waals surface area contributed by atoms with Gasteiger partial charge in [0.1, 0.15) is 11.6 Å². The van der Waals surface area contributed by atoms with E-state index in [9.17, 15) is 0 Å². The summed E-state index contributed by atoms with van der Waals surface area (Å²) >= 11 is 0. The van der Waals surface area contributed by atoms with Crippen LogP contribution in [0.5, 0.6) is 0 Å². The molecule has 64 heavy (non-hydrogen) atoms. The monoisotopic (exact) mass is 849 g/mol. The van der Waals surface area contributed by atoms with E-state index in [1.54, 1.807) is 0 Å². The van der Waals surface area contributed by atoms with Crippen molar-refractivity contribution >= 4 is 11.4 Å². The van der Waals surface area contributed by atoms with Crippen LogP contribution < -0.4 is 9.80 Å². The van der Waals surface area contributed by atoms with Gasteiger partial charge >= 0.3 is 0 Å². The zero-order valence-corrected chi connectivity index (χ0v) is 39.4. The number of nitrogens with zero attached hydrogens (tertiary/aromatic N) is 6. The molecule has 0 saturated carbocycles. The third kappa shape index (κ3) is 8.44. The molecule has 6 heteroatoms. The molecule has 0 unspecified atom stereocenters. The molecule has 7 aromatic rings. The van der Waals surface area contributed by atoms with E-state index in [0.717, 1.165) is 44.2 Å². The van der Waals surface area contributed by atoms with Gasteiger partial charge in [0.15, 0.2) is 0 Å². The molecule has 330 valence electrons. The van der Waals surface area contributed by atoms with Crippen molar-refractivity contribution in [3.8, 4) is 45.3 Å². The van der Waals surface area contributed by atoms with Gasteiger partial charge in [0.25, 0.3) is 0 Å². The van der Waals surface area contributed by atoms with Crippen molar-refractivity contribution in [2.75, 3.05) is 36.0 Å². The van der Waals surface area contributed by atoms with Crippen LogP contribution in [-0.4, -0.2) is 45.3 Å². The Bertz CT molecular complexity index is 2670. The summed E-state index contributed by atoms with van der Waals surface area (Å²) in [6.07, 6.45) is 16.8. The van der Waals surface area contributed by atoms with E-state index in [0.29, 0.717) is 11.8 Å². The highest BCUT2D eigenvalue weighted by atomic mass is 15.2.